The third-order valence-corrected chi connectivity index (χ3v) is 4.91. The molecule has 0 saturated carbocycles. The molecule has 1 N–H and O–H groups in total. The maximum absolute atomic E-state index is 4.81. The van der Waals surface area contributed by atoms with Gasteiger partial charge in [0.2, 0.25) is 0 Å². The highest BCUT2D eigenvalue weighted by Gasteiger charge is 2.08. The molecule has 3 rings (SSSR count). The Bertz CT molecular complexity index is 874. The van der Waals surface area contributed by atoms with Crippen LogP contribution >= 0.6 is 35.3 Å². The van der Waals surface area contributed by atoms with E-state index in [9.17, 15) is 0 Å². The van der Waals surface area contributed by atoms with E-state index in [1.807, 2.05) is 26.5 Å². The van der Waals surface area contributed by atoms with Crippen LogP contribution in [0.2, 0.25) is 0 Å². The summed E-state index contributed by atoms with van der Waals surface area (Å²) >= 11 is 1.68. The number of benzene rings is 1. The maximum atomic E-state index is 4.81. The van der Waals surface area contributed by atoms with Gasteiger partial charge in [0, 0.05) is 37.9 Å². The summed E-state index contributed by atoms with van der Waals surface area (Å²) in [5, 5.41) is 6.57. The summed E-state index contributed by atoms with van der Waals surface area (Å²) < 4.78 is 2.07. The Morgan fingerprint density at radius 2 is 2.14 bits per heavy atom. The lowest BCUT2D eigenvalue weighted by Crippen LogP contribution is -2.38. The zero-order valence-corrected chi connectivity index (χ0v) is 19.6. The van der Waals surface area contributed by atoms with Crippen LogP contribution in [-0.4, -0.2) is 39.0 Å². The highest BCUT2D eigenvalue weighted by Crippen LogP contribution is 2.11. The molecule has 28 heavy (non-hydrogen) atoms. The van der Waals surface area contributed by atoms with E-state index < -0.39 is 0 Å². The first-order valence-electron chi connectivity index (χ1n) is 9.08. The molecule has 0 unspecified atom stereocenters. The van der Waals surface area contributed by atoms with Crippen LogP contribution in [0.25, 0.3) is 0 Å². The normalized spacial score (nSPS) is 11.2. The number of aryl methyl sites for hydroxylation is 1. The number of rotatable bonds is 7. The largest absolute Gasteiger partial charge is 0.357 e. The van der Waals surface area contributed by atoms with Crippen molar-refractivity contribution in [3.63, 3.8) is 0 Å². The van der Waals surface area contributed by atoms with Gasteiger partial charge in [0.05, 0.1) is 30.1 Å². The lowest BCUT2D eigenvalue weighted by molar-refractivity contribution is 0.471. The molecule has 0 aliphatic rings. The topological polar surface area (TPSA) is 58.3 Å². The molecular weight excluding hydrogens is 483 g/mol. The van der Waals surface area contributed by atoms with Gasteiger partial charge in [-0.2, -0.15) is 0 Å². The third-order valence-electron chi connectivity index (χ3n) is 4.09. The molecule has 0 spiro atoms. The smallest absolute Gasteiger partial charge is 0.194 e. The van der Waals surface area contributed by atoms with E-state index in [1.54, 1.807) is 17.5 Å². The highest BCUT2D eigenvalue weighted by atomic mass is 127. The average Bonchev–Trinajstić information content (AvgIpc) is 3.30. The molecule has 0 atom stereocenters. The van der Waals surface area contributed by atoms with Gasteiger partial charge in [-0.1, -0.05) is 24.3 Å². The van der Waals surface area contributed by atoms with Gasteiger partial charge < -0.3 is 14.8 Å². The van der Waals surface area contributed by atoms with E-state index in [-0.39, 0.29) is 24.0 Å². The van der Waals surface area contributed by atoms with Gasteiger partial charge in [0.1, 0.15) is 0 Å². The molecule has 150 valence electrons. The van der Waals surface area contributed by atoms with Crippen LogP contribution in [0.4, 0.5) is 0 Å². The van der Waals surface area contributed by atoms with Gasteiger partial charge in [-0.05, 0) is 25.0 Å². The van der Waals surface area contributed by atoms with E-state index in [0.717, 1.165) is 36.3 Å². The lowest BCUT2D eigenvalue weighted by Gasteiger charge is -2.21. The first-order valence-corrected chi connectivity index (χ1v) is 9.96. The summed E-state index contributed by atoms with van der Waals surface area (Å²) in [4.78, 5) is 15.6. The van der Waals surface area contributed by atoms with Gasteiger partial charge in [-0.25, -0.2) is 15.0 Å². The number of nitrogens with zero attached hydrogens (tertiary/aromatic N) is 5. The van der Waals surface area contributed by atoms with Crippen LogP contribution in [0.15, 0.2) is 53.4 Å². The monoisotopic (exact) mass is 510 g/mol. The van der Waals surface area contributed by atoms with Crippen LogP contribution in [-0.2, 0) is 19.6 Å². The van der Waals surface area contributed by atoms with Crippen molar-refractivity contribution in [1.29, 1.82) is 0 Å². The number of hydrogen-bond acceptors (Lipinski definition) is 4. The number of nitrogens with one attached hydrogen (secondary N) is 1. The standard InChI is InChI=1S/C20H26N6S.HI/c1-4-22-20(25(3)13-19-14-27-16(2)24-19)23-11-17-6-5-7-18(10-17)12-26-9-8-21-15-26;/h5-10,14-15H,4,11-13H2,1-3H3,(H,22,23);1H. The molecule has 0 aliphatic carbocycles. The first-order chi connectivity index (χ1) is 13.1. The zero-order chi connectivity index (χ0) is 19.1. The van der Waals surface area contributed by atoms with E-state index in [4.69, 9.17) is 4.99 Å². The molecule has 0 fully saturated rings. The molecule has 6 nitrogen and oxygen atoms in total. The predicted octanol–water partition coefficient (Wildman–Crippen LogP) is 3.91. The minimum Gasteiger partial charge on any atom is -0.357 e. The number of thiazole rings is 1. The summed E-state index contributed by atoms with van der Waals surface area (Å²) in [6.07, 6.45) is 5.61. The zero-order valence-electron chi connectivity index (χ0n) is 16.5. The molecule has 0 saturated heterocycles. The lowest BCUT2D eigenvalue weighted by atomic mass is 10.1. The second-order valence-corrected chi connectivity index (χ2v) is 7.50. The van der Waals surface area contributed by atoms with Gasteiger partial charge in [-0.15, -0.1) is 35.3 Å². The van der Waals surface area contributed by atoms with Crippen LogP contribution in [0.3, 0.4) is 0 Å². The Morgan fingerprint density at radius 1 is 1.32 bits per heavy atom. The number of halogens is 1. The van der Waals surface area contributed by atoms with Crippen LogP contribution in [0, 0.1) is 6.92 Å². The van der Waals surface area contributed by atoms with Gasteiger partial charge in [-0.3, -0.25) is 0 Å². The minimum absolute atomic E-state index is 0. The van der Waals surface area contributed by atoms with Crippen molar-refractivity contribution in [2.24, 2.45) is 4.99 Å². The second-order valence-electron chi connectivity index (χ2n) is 6.44. The van der Waals surface area contributed by atoms with E-state index in [1.165, 1.54) is 11.1 Å². The number of aromatic nitrogens is 3. The fraction of sp³-hybridized carbons (Fsp3) is 0.350. The van der Waals surface area contributed by atoms with Gasteiger partial charge in [0.25, 0.3) is 0 Å². The van der Waals surface area contributed by atoms with Crippen molar-refractivity contribution in [2.75, 3.05) is 13.6 Å². The average molecular weight is 510 g/mol. The molecule has 0 amide bonds. The van der Waals surface area contributed by atoms with Gasteiger partial charge >= 0.3 is 0 Å². The third kappa shape index (κ3) is 6.59. The van der Waals surface area contributed by atoms with Crippen molar-refractivity contribution in [3.8, 4) is 0 Å². The van der Waals surface area contributed by atoms with Crippen molar-refractivity contribution >= 4 is 41.3 Å². The minimum atomic E-state index is 0. The quantitative estimate of drug-likeness (QED) is 0.298. The second kappa shape index (κ2) is 11.2. The summed E-state index contributed by atoms with van der Waals surface area (Å²) in [5.74, 6) is 0.892. The fourth-order valence-corrected chi connectivity index (χ4v) is 3.46. The summed E-state index contributed by atoms with van der Waals surface area (Å²) in [6.45, 7) is 7.16. The van der Waals surface area contributed by atoms with E-state index >= 15 is 0 Å². The fourth-order valence-electron chi connectivity index (χ4n) is 2.85. The molecule has 0 aliphatic heterocycles. The van der Waals surface area contributed by atoms with E-state index in [2.05, 4.69) is 61.3 Å². The molecule has 2 heterocycles. The Labute approximate surface area is 187 Å². The van der Waals surface area contributed by atoms with Crippen molar-refractivity contribution < 1.29 is 0 Å². The summed E-state index contributed by atoms with van der Waals surface area (Å²) in [7, 11) is 2.05. The summed E-state index contributed by atoms with van der Waals surface area (Å²) in [6, 6.07) is 8.55. The number of guanidine groups is 1. The molecular formula is C20H27IN6S. The Balaban J connectivity index is 0.00000280. The number of aliphatic imine (C=N–C) groups is 1. The van der Waals surface area contributed by atoms with Crippen LogP contribution in [0.5, 0.6) is 0 Å². The van der Waals surface area contributed by atoms with Crippen molar-refractivity contribution in [2.45, 2.75) is 33.5 Å². The van der Waals surface area contributed by atoms with Crippen molar-refractivity contribution in [3.05, 3.63) is 70.2 Å². The molecule has 3 aromatic rings. The van der Waals surface area contributed by atoms with Crippen molar-refractivity contribution in [1.82, 2.24) is 24.8 Å². The maximum Gasteiger partial charge on any atom is 0.194 e. The predicted molar refractivity (Wildman–Crippen MR) is 126 cm³/mol. The molecule has 0 radical (unpaired) electrons. The van der Waals surface area contributed by atoms with Crippen LogP contribution < -0.4 is 5.32 Å². The first kappa shape index (κ1) is 22.4. The Hall–Kier alpha value is -1.94. The summed E-state index contributed by atoms with van der Waals surface area (Å²) in [5.41, 5.74) is 3.52. The number of imidazole rings is 1. The Kier molecular flexibility index (Phi) is 8.91. The molecule has 8 heteroatoms. The van der Waals surface area contributed by atoms with Gasteiger partial charge in [0.15, 0.2) is 5.96 Å². The van der Waals surface area contributed by atoms with E-state index in [0.29, 0.717) is 6.54 Å². The van der Waals surface area contributed by atoms with Crippen LogP contribution in [0.1, 0.15) is 28.8 Å². The molecule has 2 aromatic heterocycles. The SMILES string of the molecule is CCNC(=NCc1cccc(Cn2ccnc2)c1)N(C)Cc1csc(C)n1.I. The number of hydrogen-bond donors (Lipinski definition) is 1. The Morgan fingerprint density at radius 3 is 2.82 bits per heavy atom. The highest BCUT2D eigenvalue weighted by molar-refractivity contribution is 14.0. The molecule has 1 aromatic carbocycles. The molecule has 0 bridgehead atoms.